The number of nitrogens with one attached hydrogen (secondary N) is 2. The molecular formula is C29H56N2O10. The molecule has 0 aliphatic rings. The molecule has 0 aliphatic carbocycles. The van der Waals surface area contributed by atoms with Crippen LogP contribution in [0.3, 0.4) is 0 Å². The van der Waals surface area contributed by atoms with E-state index >= 15 is 0 Å². The quantitative estimate of drug-likeness (QED) is 0.0905. The highest BCUT2D eigenvalue weighted by Crippen LogP contribution is 2.21. The van der Waals surface area contributed by atoms with Gasteiger partial charge in [0.25, 0.3) is 0 Å². The minimum atomic E-state index is -0.615. The van der Waals surface area contributed by atoms with Crippen molar-refractivity contribution in [3.63, 3.8) is 0 Å². The lowest BCUT2D eigenvalue weighted by atomic mass is 9.89. The highest BCUT2D eigenvalue weighted by molar-refractivity contribution is 5.68. The van der Waals surface area contributed by atoms with Gasteiger partial charge in [-0.2, -0.15) is 0 Å². The van der Waals surface area contributed by atoms with E-state index in [1.807, 2.05) is 20.8 Å². The first-order valence-corrected chi connectivity index (χ1v) is 14.8. The SMILES string of the molecule is CC(=O)OC(CNC(=O)OCCOCCOCCOC(=O)NCCOCCOCCCCCCC(C)C)C(C)(C)C. The largest absolute Gasteiger partial charge is 0.460 e. The molecule has 0 bridgehead atoms. The Morgan fingerprint density at radius 3 is 1.66 bits per heavy atom. The average molecular weight is 593 g/mol. The summed E-state index contributed by atoms with van der Waals surface area (Å²) in [4.78, 5) is 34.7. The van der Waals surface area contributed by atoms with Crippen molar-refractivity contribution in [3.05, 3.63) is 0 Å². The minimum Gasteiger partial charge on any atom is -0.460 e. The lowest BCUT2D eigenvalue weighted by molar-refractivity contribution is -0.151. The van der Waals surface area contributed by atoms with Crippen molar-refractivity contribution in [1.82, 2.24) is 10.6 Å². The molecule has 0 fully saturated rings. The molecule has 242 valence electrons. The van der Waals surface area contributed by atoms with E-state index in [1.54, 1.807) is 0 Å². The number of amides is 2. The molecule has 12 heteroatoms. The number of hydrogen-bond acceptors (Lipinski definition) is 10. The Hall–Kier alpha value is -2.15. The van der Waals surface area contributed by atoms with Crippen molar-refractivity contribution in [2.45, 2.75) is 79.8 Å². The van der Waals surface area contributed by atoms with Gasteiger partial charge < -0.3 is 43.8 Å². The first-order chi connectivity index (χ1) is 19.5. The highest BCUT2D eigenvalue weighted by Gasteiger charge is 2.28. The van der Waals surface area contributed by atoms with Gasteiger partial charge >= 0.3 is 18.2 Å². The van der Waals surface area contributed by atoms with Crippen molar-refractivity contribution in [1.29, 1.82) is 0 Å². The van der Waals surface area contributed by atoms with E-state index in [9.17, 15) is 14.4 Å². The second kappa shape index (κ2) is 25.6. The number of ether oxygens (including phenoxy) is 7. The number of carbonyl (C=O) groups is 3. The van der Waals surface area contributed by atoms with Gasteiger partial charge in [0.15, 0.2) is 0 Å². The van der Waals surface area contributed by atoms with Crippen LogP contribution in [-0.4, -0.2) is 103 Å². The van der Waals surface area contributed by atoms with Crippen molar-refractivity contribution < 1.29 is 47.5 Å². The van der Waals surface area contributed by atoms with Crippen molar-refractivity contribution in [3.8, 4) is 0 Å². The van der Waals surface area contributed by atoms with Gasteiger partial charge in [-0.3, -0.25) is 4.79 Å². The third-order valence-electron chi connectivity index (χ3n) is 5.71. The second-order valence-electron chi connectivity index (χ2n) is 11.1. The van der Waals surface area contributed by atoms with Crippen LogP contribution in [-0.2, 0) is 38.0 Å². The fourth-order valence-electron chi connectivity index (χ4n) is 3.37. The van der Waals surface area contributed by atoms with Crippen LogP contribution in [0.25, 0.3) is 0 Å². The van der Waals surface area contributed by atoms with E-state index in [4.69, 9.17) is 33.2 Å². The lowest BCUT2D eigenvalue weighted by Crippen LogP contribution is -2.42. The first-order valence-electron chi connectivity index (χ1n) is 14.8. The average Bonchev–Trinajstić information content (AvgIpc) is 2.89. The molecular weight excluding hydrogens is 536 g/mol. The molecule has 0 aromatic rings. The summed E-state index contributed by atoms with van der Waals surface area (Å²) in [6.45, 7) is 15.5. The standard InChI is InChI=1S/C29H56N2O10/c1-24(2)11-9-7-8-10-13-35-15-16-36-14-12-30-27(33)39-21-19-37-17-18-38-20-22-40-28(34)31-23-26(29(4,5)6)41-25(3)32/h24,26H,7-23H2,1-6H3,(H,30,33)(H,31,34). The van der Waals surface area contributed by atoms with Crippen LogP contribution >= 0.6 is 0 Å². The molecule has 0 rings (SSSR count). The molecule has 0 spiro atoms. The van der Waals surface area contributed by atoms with Crippen LogP contribution in [0.1, 0.15) is 73.6 Å². The Kier molecular flexibility index (Phi) is 24.2. The molecule has 0 aliphatic heterocycles. The predicted molar refractivity (Wildman–Crippen MR) is 155 cm³/mol. The second-order valence-corrected chi connectivity index (χ2v) is 11.1. The molecule has 0 saturated heterocycles. The maximum absolute atomic E-state index is 11.8. The topological polar surface area (TPSA) is 140 Å². The molecule has 2 amide bonds. The zero-order chi connectivity index (χ0) is 30.8. The smallest absolute Gasteiger partial charge is 0.407 e. The lowest BCUT2D eigenvalue weighted by Gasteiger charge is -2.29. The fourth-order valence-corrected chi connectivity index (χ4v) is 3.37. The zero-order valence-electron chi connectivity index (χ0n) is 26.3. The van der Waals surface area contributed by atoms with Crippen LogP contribution in [0.5, 0.6) is 0 Å². The summed E-state index contributed by atoms with van der Waals surface area (Å²) in [5, 5.41) is 5.20. The Morgan fingerprint density at radius 1 is 0.634 bits per heavy atom. The Balaban J connectivity index is 3.44. The molecule has 0 saturated carbocycles. The van der Waals surface area contributed by atoms with Crippen molar-refractivity contribution >= 4 is 18.2 Å². The molecule has 0 radical (unpaired) electrons. The van der Waals surface area contributed by atoms with E-state index in [0.717, 1.165) is 18.9 Å². The van der Waals surface area contributed by atoms with Gasteiger partial charge in [-0.05, 0) is 12.3 Å². The summed E-state index contributed by atoms with van der Waals surface area (Å²) in [6.07, 6.45) is 4.53. The third kappa shape index (κ3) is 27.8. The van der Waals surface area contributed by atoms with Gasteiger partial charge in [0.05, 0.1) is 52.8 Å². The maximum Gasteiger partial charge on any atom is 0.407 e. The van der Waals surface area contributed by atoms with Crippen molar-refractivity contribution in [2.24, 2.45) is 11.3 Å². The van der Waals surface area contributed by atoms with E-state index < -0.39 is 24.3 Å². The van der Waals surface area contributed by atoms with Gasteiger partial charge in [0, 0.05) is 25.5 Å². The molecule has 1 atom stereocenters. The highest BCUT2D eigenvalue weighted by atomic mass is 16.6. The number of carbonyl (C=O) groups excluding carboxylic acids is 3. The normalized spacial score (nSPS) is 12.2. The summed E-state index contributed by atoms with van der Waals surface area (Å²) in [7, 11) is 0. The van der Waals surface area contributed by atoms with Gasteiger partial charge in [-0.1, -0.05) is 60.3 Å². The monoisotopic (exact) mass is 592 g/mol. The Morgan fingerprint density at radius 2 is 1.12 bits per heavy atom. The first kappa shape index (κ1) is 38.9. The predicted octanol–water partition coefficient (Wildman–Crippen LogP) is 4.09. The molecule has 12 nitrogen and oxygen atoms in total. The fraction of sp³-hybridized carbons (Fsp3) is 0.897. The molecule has 0 aromatic carbocycles. The van der Waals surface area contributed by atoms with Crippen LogP contribution in [0, 0.1) is 11.3 Å². The summed E-state index contributed by atoms with van der Waals surface area (Å²) >= 11 is 0. The van der Waals surface area contributed by atoms with E-state index in [2.05, 4.69) is 24.5 Å². The number of rotatable bonds is 25. The Labute approximate surface area is 246 Å². The van der Waals surface area contributed by atoms with E-state index in [-0.39, 0.29) is 38.4 Å². The summed E-state index contributed by atoms with van der Waals surface area (Å²) in [5.74, 6) is 0.376. The van der Waals surface area contributed by atoms with E-state index in [0.29, 0.717) is 39.6 Å². The van der Waals surface area contributed by atoms with E-state index in [1.165, 1.54) is 32.6 Å². The summed E-state index contributed by atoms with van der Waals surface area (Å²) < 4.78 is 37.0. The van der Waals surface area contributed by atoms with Crippen LogP contribution in [0.15, 0.2) is 0 Å². The maximum atomic E-state index is 11.8. The summed E-state index contributed by atoms with van der Waals surface area (Å²) in [6, 6.07) is 0. The van der Waals surface area contributed by atoms with Gasteiger partial charge in [0.1, 0.15) is 19.3 Å². The van der Waals surface area contributed by atoms with Gasteiger partial charge in [-0.25, -0.2) is 9.59 Å². The zero-order valence-corrected chi connectivity index (χ0v) is 26.3. The molecule has 0 heterocycles. The number of unbranched alkanes of at least 4 members (excludes halogenated alkanes) is 3. The van der Waals surface area contributed by atoms with Gasteiger partial charge in [-0.15, -0.1) is 0 Å². The summed E-state index contributed by atoms with van der Waals surface area (Å²) in [5.41, 5.74) is -0.326. The molecule has 2 N–H and O–H groups in total. The Bertz CT molecular complexity index is 670. The molecule has 41 heavy (non-hydrogen) atoms. The number of hydrogen-bond donors (Lipinski definition) is 2. The molecule has 1 unspecified atom stereocenters. The van der Waals surface area contributed by atoms with Crippen LogP contribution in [0.4, 0.5) is 9.59 Å². The van der Waals surface area contributed by atoms with Crippen molar-refractivity contribution in [2.75, 3.05) is 79.2 Å². The van der Waals surface area contributed by atoms with Crippen LogP contribution < -0.4 is 10.6 Å². The number of esters is 1. The van der Waals surface area contributed by atoms with Crippen LogP contribution in [0.2, 0.25) is 0 Å². The van der Waals surface area contributed by atoms with Gasteiger partial charge in [0.2, 0.25) is 0 Å². The number of alkyl carbamates (subject to hydrolysis) is 2. The third-order valence-corrected chi connectivity index (χ3v) is 5.71. The minimum absolute atomic E-state index is 0.0677. The molecule has 0 aromatic heterocycles.